The Kier molecular flexibility index (Phi) is 3.83. The molecular weight excluding hydrogens is 310 g/mol. The fraction of sp³-hybridized carbons (Fsp3) is 0.0588. The summed E-state index contributed by atoms with van der Waals surface area (Å²) in [5.41, 5.74) is 4.59. The molecule has 3 aromatic rings. The second-order valence-corrected chi connectivity index (χ2v) is 5.11. The molecule has 24 heavy (non-hydrogen) atoms. The van der Waals surface area contributed by atoms with E-state index in [-0.39, 0.29) is 17.4 Å². The second kappa shape index (κ2) is 5.96. The van der Waals surface area contributed by atoms with E-state index in [9.17, 15) is 9.90 Å². The highest BCUT2D eigenvalue weighted by Gasteiger charge is 2.42. The van der Waals surface area contributed by atoms with E-state index in [1.54, 1.807) is 36.4 Å². The van der Waals surface area contributed by atoms with Crippen molar-refractivity contribution in [3.05, 3.63) is 78.1 Å². The summed E-state index contributed by atoms with van der Waals surface area (Å²) in [6.45, 7) is 0. The lowest BCUT2D eigenvalue weighted by molar-refractivity contribution is -0.312. The van der Waals surface area contributed by atoms with Gasteiger partial charge in [0.2, 0.25) is 0 Å². The Morgan fingerprint density at radius 3 is 1.96 bits per heavy atom. The molecule has 0 radical (unpaired) electrons. The molecule has 0 aliphatic carbocycles. The first kappa shape index (κ1) is 15.4. The maximum Gasteiger partial charge on any atom is 0.194 e. The zero-order valence-electron chi connectivity index (χ0n) is 12.5. The number of amidine groups is 1. The van der Waals surface area contributed by atoms with Crippen molar-refractivity contribution in [2.24, 2.45) is 5.73 Å². The monoisotopic (exact) mass is 324 g/mol. The molecule has 0 unspecified atom stereocenters. The van der Waals surface area contributed by atoms with Crippen LogP contribution in [0.15, 0.2) is 69.9 Å². The number of carbonyl (C=O) groups is 1. The highest BCUT2D eigenvalue weighted by Crippen LogP contribution is 2.34. The van der Waals surface area contributed by atoms with Crippen LogP contribution in [0.5, 0.6) is 0 Å². The van der Waals surface area contributed by atoms with Gasteiger partial charge in [-0.15, -0.1) is 0 Å². The van der Waals surface area contributed by atoms with Crippen molar-refractivity contribution in [1.29, 1.82) is 5.41 Å². The van der Waals surface area contributed by atoms with Crippen LogP contribution in [-0.4, -0.2) is 11.8 Å². The molecule has 7 nitrogen and oxygen atoms in total. The summed E-state index contributed by atoms with van der Waals surface area (Å²) in [6, 6.07) is 12.6. The lowest BCUT2D eigenvalue weighted by Crippen LogP contribution is -2.52. The number of hydrogen-bond donors (Lipinski definition) is 3. The Bertz CT molecular complexity index is 802. The molecule has 7 heteroatoms. The smallest absolute Gasteiger partial charge is 0.194 e. The number of nitrogens with two attached hydrogens (primary N) is 1. The molecule has 0 atom stereocenters. The van der Waals surface area contributed by atoms with E-state index in [1.807, 2.05) is 0 Å². The van der Waals surface area contributed by atoms with Gasteiger partial charge in [0.05, 0.1) is 18.5 Å². The Morgan fingerprint density at radius 2 is 1.58 bits per heavy atom. The first-order valence-electron chi connectivity index (χ1n) is 7.06. The molecule has 0 spiro atoms. The van der Waals surface area contributed by atoms with Crippen LogP contribution in [0.3, 0.4) is 0 Å². The lowest BCUT2D eigenvalue weighted by atomic mass is 9.92. The van der Waals surface area contributed by atoms with Crippen LogP contribution in [0, 0.1) is 5.41 Å². The van der Waals surface area contributed by atoms with E-state index in [1.165, 1.54) is 24.7 Å². The van der Waals surface area contributed by atoms with Crippen LogP contribution in [0.2, 0.25) is 0 Å². The van der Waals surface area contributed by atoms with Gasteiger partial charge < -0.3 is 29.8 Å². The van der Waals surface area contributed by atoms with E-state index in [0.717, 1.165) is 0 Å². The second-order valence-electron chi connectivity index (χ2n) is 5.11. The van der Waals surface area contributed by atoms with Crippen LogP contribution >= 0.6 is 0 Å². The average Bonchev–Trinajstić information content (AvgIpc) is 3.26. The number of nitrogen functional groups attached to an aromatic ring is 1. The number of anilines is 1. The van der Waals surface area contributed by atoms with E-state index in [0.29, 0.717) is 11.3 Å². The Morgan fingerprint density at radius 1 is 1.04 bits per heavy atom. The third kappa shape index (κ3) is 2.52. The van der Waals surface area contributed by atoms with E-state index >= 15 is 0 Å². The summed E-state index contributed by atoms with van der Waals surface area (Å²) < 4.78 is 10.6. The van der Waals surface area contributed by atoms with Crippen LogP contribution in [0.25, 0.3) is 0 Å². The van der Waals surface area contributed by atoms with Gasteiger partial charge in [0, 0.05) is 11.3 Å². The first-order valence-corrected chi connectivity index (χ1v) is 7.06. The number of rotatable bonds is 6. The van der Waals surface area contributed by atoms with Crippen molar-refractivity contribution >= 4 is 17.5 Å². The predicted octanol–water partition coefficient (Wildman–Crippen LogP) is 1.26. The number of furan rings is 2. The fourth-order valence-corrected chi connectivity index (χ4v) is 2.43. The largest absolute Gasteiger partial charge is 0.547 e. The SMILES string of the molecule is N=C(N)c1ccc(NC(C(=O)[O-])(c2ccco2)c2ccco2)cc1. The standard InChI is InChI=1S/C17H15N3O4/c18-15(19)11-5-7-12(8-6-11)20-17(16(21)22,13-3-1-9-23-13)14-4-2-10-24-14/h1-10,20H,(H3,18,19)(H,21,22)/p-1. The minimum atomic E-state index is -1.83. The maximum atomic E-state index is 12.1. The van der Waals surface area contributed by atoms with Gasteiger partial charge >= 0.3 is 0 Å². The van der Waals surface area contributed by atoms with Gasteiger partial charge in [-0.2, -0.15) is 0 Å². The molecule has 0 aliphatic heterocycles. The molecule has 0 bridgehead atoms. The summed E-state index contributed by atoms with van der Waals surface area (Å²) >= 11 is 0. The Labute approximate surface area is 137 Å². The van der Waals surface area contributed by atoms with E-state index < -0.39 is 11.5 Å². The van der Waals surface area contributed by atoms with Crippen molar-refractivity contribution in [3.63, 3.8) is 0 Å². The molecule has 0 amide bonds. The van der Waals surface area contributed by atoms with Gasteiger partial charge in [-0.25, -0.2) is 0 Å². The minimum absolute atomic E-state index is 0.0789. The quantitative estimate of drug-likeness (QED) is 0.462. The number of nitrogens with one attached hydrogen (secondary N) is 2. The maximum absolute atomic E-state index is 12.1. The number of benzene rings is 1. The van der Waals surface area contributed by atoms with Crippen LogP contribution in [-0.2, 0) is 10.3 Å². The number of aliphatic carboxylic acids is 1. The number of carboxylic acids is 1. The molecule has 0 saturated carbocycles. The molecule has 122 valence electrons. The van der Waals surface area contributed by atoms with Crippen LogP contribution in [0.1, 0.15) is 17.1 Å². The predicted molar refractivity (Wildman–Crippen MR) is 84.3 cm³/mol. The highest BCUT2D eigenvalue weighted by molar-refractivity contribution is 5.95. The normalized spacial score (nSPS) is 11.2. The van der Waals surface area contributed by atoms with Crippen molar-refractivity contribution < 1.29 is 18.7 Å². The van der Waals surface area contributed by atoms with Gasteiger partial charge in [-0.1, -0.05) is 0 Å². The third-order valence-corrected chi connectivity index (χ3v) is 3.62. The van der Waals surface area contributed by atoms with Gasteiger partial charge in [-0.3, -0.25) is 5.41 Å². The van der Waals surface area contributed by atoms with Crippen LogP contribution < -0.4 is 16.2 Å². The molecule has 1 aromatic carbocycles. The van der Waals surface area contributed by atoms with Crippen molar-refractivity contribution in [2.45, 2.75) is 5.54 Å². The molecule has 0 saturated heterocycles. The third-order valence-electron chi connectivity index (χ3n) is 3.62. The zero-order valence-corrected chi connectivity index (χ0v) is 12.5. The summed E-state index contributed by atoms with van der Waals surface area (Å²) in [5.74, 6) is -1.27. The van der Waals surface area contributed by atoms with Crippen molar-refractivity contribution in [3.8, 4) is 0 Å². The van der Waals surface area contributed by atoms with Gasteiger partial charge in [0.1, 0.15) is 17.4 Å². The summed E-state index contributed by atoms with van der Waals surface area (Å²) in [7, 11) is 0. The van der Waals surface area contributed by atoms with E-state index in [2.05, 4.69) is 5.32 Å². The highest BCUT2D eigenvalue weighted by atomic mass is 16.4. The Hall–Kier alpha value is -3.48. The number of hydrogen-bond acceptors (Lipinski definition) is 6. The lowest BCUT2D eigenvalue weighted by Gasteiger charge is -2.33. The van der Waals surface area contributed by atoms with E-state index in [4.69, 9.17) is 20.0 Å². The summed E-state index contributed by atoms with van der Waals surface area (Å²) in [5, 5.41) is 22.4. The molecule has 0 fully saturated rings. The zero-order chi connectivity index (χ0) is 17.2. The topological polar surface area (TPSA) is 128 Å². The van der Waals surface area contributed by atoms with Gasteiger partial charge in [0.25, 0.3) is 0 Å². The number of carbonyl (C=O) groups excluding carboxylic acids is 1. The minimum Gasteiger partial charge on any atom is -0.547 e. The fourth-order valence-electron chi connectivity index (χ4n) is 2.43. The first-order chi connectivity index (χ1) is 11.5. The number of carboxylic acid groups (broad SMARTS) is 1. The Balaban J connectivity index is 2.08. The molecule has 2 aromatic heterocycles. The summed E-state index contributed by atoms with van der Waals surface area (Å²) in [6.07, 6.45) is 2.74. The average molecular weight is 324 g/mol. The molecule has 0 aliphatic rings. The molecule has 2 heterocycles. The van der Waals surface area contributed by atoms with Crippen molar-refractivity contribution in [1.82, 2.24) is 0 Å². The van der Waals surface area contributed by atoms with Crippen molar-refractivity contribution in [2.75, 3.05) is 5.32 Å². The van der Waals surface area contributed by atoms with Gasteiger partial charge in [-0.05, 0) is 48.5 Å². The van der Waals surface area contributed by atoms with Gasteiger partial charge in [0.15, 0.2) is 5.54 Å². The molecule has 3 rings (SSSR count). The molecule has 4 N–H and O–H groups in total. The van der Waals surface area contributed by atoms with Crippen LogP contribution in [0.4, 0.5) is 5.69 Å². The summed E-state index contributed by atoms with van der Waals surface area (Å²) in [4.78, 5) is 12.1. The molecular formula is C17H14N3O4-.